The highest BCUT2D eigenvalue weighted by molar-refractivity contribution is 5.61. The molecule has 0 fully saturated rings. The molecule has 3 N–H and O–H groups in total. The Kier molecular flexibility index (Phi) is 3.49. The lowest BCUT2D eigenvalue weighted by Gasteiger charge is -2.10. The van der Waals surface area contributed by atoms with Crippen LogP contribution in [0.2, 0.25) is 0 Å². The van der Waals surface area contributed by atoms with E-state index in [9.17, 15) is 0 Å². The van der Waals surface area contributed by atoms with Gasteiger partial charge < -0.3 is 20.4 Å². The van der Waals surface area contributed by atoms with Gasteiger partial charge in [0.05, 0.1) is 19.1 Å². The Morgan fingerprint density at radius 3 is 3.06 bits per heavy atom. The normalized spacial score (nSPS) is 10.2. The Morgan fingerprint density at radius 2 is 2.35 bits per heavy atom. The molecule has 0 aliphatic rings. The van der Waals surface area contributed by atoms with Gasteiger partial charge in [-0.1, -0.05) is 0 Å². The van der Waals surface area contributed by atoms with Gasteiger partial charge in [0.15, 0.2) is 0 Å². The Balaban J connectivity index is 1.90. The molecule has 0 atom stereocenters. The number of methoxy groups -OCH3 is 1. The summed E-state index contributed by atoms with van der Waals surface area (Å²) in [5, 5.41) is 3.30. The van der Waals surface area contributed by atoms with E-state index in [2.05, 4.69) is 10.3 Å². The minimum atomic E-state index is 0.646. The summed E-state index contributed by atoms with van der Waals surface area (Å²) < 4.78 is 7.17. The molecule has 0 saturated carbocycles. The molecule has 0 spiro atoms. The molecule has 0 aliphatic heterocycles. The van der Waals surface area contributed by atoms with E-state index < -0.39 is 0 Å². The second-order valence-electron chi connectivity index (χ2n) is 3.68. The average Bonchev–Trinajstić information content (AvgIpc) is 2.84. The second kappa shape index (κ2) is 5.25. The third kappa shape index (κ3) is 2.90. The molecule has 0 radical (unpaired) electrons. The maximum atomic E-state index is 5.74. The van der Waals surface area contributed by atoms with E-state index in [1.807, 2.05) is 29.0 Å². The zero-order valence-corrected chi connectivity index (χ0v) is 9.76. The van der Waals surface area contributed by atoms with Crippen LogP contribution in [0.3, 0.4) is 0 Å². The number of rotatable bonds is 5. The number of ether oxygens (including phenoxy) is 1. The summed E-state index contributed by atoms with van der Waals surface area (Å²) in [5.74, 6) is 0.692. The van der Waals surface area contributed by atoms with Crippen LogP contribution in [0.1, 0.15) is 0 Å². The largest absolute Gasteiger partial charge is 0.495 e. The average molecular weight is 232 g/mol. The molecular formula is C12H16N4O. The summed E-state index contributed by atoms with van der Waals surface area (Å²) >= 11 is 0. The van der Waals surface area contributed by atoms with Gasteiger partial charge >= 0.3 is 0 Å². The van der Waals surface area contributed by atoms with Crippen molar-refractivity contribution in [1.82, 2.24) is 9.55 Å². The lowest BCUT2D eigenvalue weighted by Crippen LogP contribution is -2.09. The highest BCUT2D eigenvalue weighted by atomic mass is 16.5. The molecule has 5 heteroatoms. The van der Waals surface area contributed by atoms with Gasteiger partial charge in [0.2, 0.25) is 0 Å². The zero-order chi connectivity index (χ0) is 12.1. The Labute approximate surface area is 100 Å². The Morgan fingerprint density at radius 1 is 1.47 bits per heavy atom. The first kappa shape index (κ1) is 11.3. The number of benzene rings is 1. The fourth-order valence-electron chi connectivity index (χ4n) is 1.57. The molecule has 17 heavy (non-hydrogen) atoms. The SMILES string of the molecule is COc1cc(NCCn2ccnc2)ccc1N. The number of hydrogen-bond donors (Lipinski definition) is 2. The predicted octanol–water partition coefficient (Wildman–Crippen LogP) is 1.59. The molecule has 1 heterocycles. The number of hydrogen-bond acceptors (Lipinski definition) is 4. The summed E-state index contributed by atoms with van der Waals surface area (Å²) in [6, 6.07) is 5.66. The third-order valence-corrected chi connectivity index (χ3v) is 2.49. The summed E-state index contributed by atoms with van der Waals surface area (Å²) in [6.45, 7) is 1.69. The number of imidazole rings is 1. The molecule has 5 nitrogen and oxygen atoms in total. The summed E-state index contributed by atoms with van der Waals surface area (Å²) in [5.41, 5.74) is 7.38. The zero-order valence-electron chi connectivity index (χ0n) is 9.76. The van der Waals surface area contributed by atoms with Crippen LogP contribution in [0.15, 0.2) is 36.9 Å². The van der Waals surface area contributed by atoms with E-state index in [4.69, 9.17) is 10.5 Å². The summed E-state index contributed by atoms with van der Waals surface area (Å²) in [6.07, 6.45) is 5.50. The molecule has 1 aromatic carbocycles. The maximum Gasteiger partial charge on any atom is 0.143 e. The van der Waals surface area contributed by atoms with Crippen molar-refractivity contribution in [3.05, 3.63) is 36.9 Å². The molecule has 2 aromatic rings. The highest BCUT2D eigenvalue weighted by Crippen LogP contribution is 2.24. The van der Waals surface area contributed by atoms with Crippen molar-refractivity contribution < 1.29 is 4.74 Å². The van der Waals surface area contributed by atoms with Gasteiger partial charge in [0.1, 0.15) is 5.75 Å². The number of anilines is 2. The topological polar surface area (TPSA) is 65.1 Å². The van der Waals surface area contributed by atoms with Crippen LogP contribution in [-0.4, -0.2) is 23.2 Å². The van der Waals surface area contributed by atoms with Crippen LogP contribution in [0.5, 0.6) is 5.75 Å². The summed E-state index contributed by atoms with van der Waals surface area (Å²) in [7, 11) is 1.61. The van der Waals surface area contributed by atoms with E-state index in [1.165, 1.54) is 0 Å². The molecule has 0 unspecified atom stereocenters. The fraction of sp³-hybridized carbons (Fsp3) is 0.250. The highest BCUT2D eigenvalue weighted by Gasteiger charge is 2.00. The Bertz CT molecular complexity index is 467. The first-order chi connectivity index (χ1) is 8.29. The van der Waals surface area contributed by atoms with Crippen molar-refractivity contribution in [3.63, 3.8) is 0 Å². The molecule has 1 aromatic heterocycles. The van der Waals surface area contributed by atoms with Crippen molar-refractivity contribution in [3.8, 4) is 5.75 Å². The number of nitrogen functional groups attached to an aromatic ring is 1. The van der Waals surface area contributed by atoms with E-state index in [1.54, 1.807) is 19.6 Å². The van der Waals surface area contributed by atoms with Crippen LogP contribution in [0.4, 0.5) is 11.4 Å². The van der Waals surface area contributed by atoms with Crippen LogP contribution in [-0.2, 0) is 6.54 Å². The number of nitrogens with zero attached hydrogens (tertiary/aromatic N) is 2. The lowest BCUT2D eigenvalue weighted by atomic mass is 10.2. The number of nitrogens with two attached hydrogens (primary N) is 1. The quantitative estimate of drug-likeness (QED) is 0.768. The minimum Gasteiger partial charge on any atom is -0.495 e. The third-order valence-electron chi connectivity index (χ3n) is 2.49. The van der Waals surface area contributed by atoms with Gasteiger partial charge in [-0.3, -0.25) is 0 Å². The standard InChI is InChI=1S/C12H16N4O/c1-17-12-8-10(2-3-11(12)13)15-5-7-16-6-4-14-9-16/h2-4,6,8-9,15H,5,7,13H2,1H3. The maximum absolute atomic E-state index is 5.74. The smallest absolute Gasteiger partial charge is 0.143 e. The molecule has 0 amide bonds. The Hall–Kier alpha value is -2.17. The van der Waals surface area contributed by atoms with E-state index >= 15 is 0 Å². The van der Waals surface area contributed by atoms with Crippen molar-refractivity contribution in [2.45, 2.75) is 6.54 Å². The van der Waals surface area contributed by atoms with E-state index in [0.29, 0.717) is 11.4 Å². The fourth-order valence-corrected chi connectivity index (χ4v) is 1.57. The lowest BCUT2D eigenvalue weighted by molar-refractivity contribution is 0.417. The van der Waals surface area contributed by atoms with Gasteiger partial charge in [-0.25, -0.2) is 4.98 Å². The molecule has 0 aliphatic carbocycles. The van der Waals surface area contributed by atoms with Crippen molar-refractivity contribution >= 4 is 11.4 Å². The van der Waals surface area contributed by atoms with E-state index in [-0.39, 0.29) is 0 Å². The van der Waals surface area contributed by atoms with Crippen LogP contribution in [0, 0.1) is 0 Å². The van der Waals surface area contributed by atoms with E-state index in [0.717, 1.165) is 18.8 Å². The van der Waals surface area contributed by atoms with Gasteiger partial charge in [-0.05, 0) is 12.1 Å². The first-order valence-electron chi connectivity index (χ1n) is 5.42. The number of nitrogens with one attached hydrogen (secondary N) is 1. The minimum absolute atomic E-state index is 0.646. The van der Waals surface area contributed by atoms with Gasteiger partial charge in [0, 0.05) is 37.2 Å². The van der Waals surface area contributed by atoms with Gasteiger partial charge in [-0.15, -0.1) is 0 Å². The summed E-state index contributed by atoms with van der Waals surface area (Å²) in [4.78, 5) is 3.99. The molecular weight excluding hydrogens is 216 g/mol. The van der Waals surface area contributed by atoms with Gasteiger partial charge in [0.25, 0.3) is 0 Å². The first-order valence-corrected chi connectivity index (χ1v) is 5.42. The monoisotopic (exact) mass is 232 g/mol. The van der Waals surface area contributed by atoms with Crippen LogP contribution in [0.25, 0.3) is 0 Å². The van der Waals surface area contributed by atoms with Crippen molar-refractivity contribution in [2.24, 2.45) is 0 Å². The molecule has 0 saturated heterocycles. The molecule has 2 rings (SSSR count). The van der Waals surface area contributed by atoms with Gasteiger partial charge in [-0.2, -0.15) is 0 Å². The number of aromatic nitrogens is 2. The van der Waals surface area contributed by atoms with Crippen molar-refractivity contribution in [1.29, 1.82) is 0 Å². The van der Waals surface area contributed by atoms with Crippen LogP contribution >= 0.6 is 0 Å². The van der Waals surface area contributed by atoms with Crippen molar-refractivity contribution in [2.75, 3.05) is 24.7 Å². The molecule has 0 bridgehead atoms. The predicted molar refractivity (Wildman–Crippen MR) is 68.1 cm³/mol. The van der Waals surface area contributed by atoms with Crippen LogP contribution < -0.4 is 15.8 Å². The molecule has 90 valence electrons. The second-order valence-corrected chi connectivity index (χ2v) is 3.68.